The summed E-state index contributed by atoms with van der Waals surface area (Å²) in [5.41, 5.74) is 1.13. The van der Waals surface area contributed by atoms with Crippen LogP contribution in [0.3, 0.4) is 0 Å². The molecule has 0 spiro atoms. The summed E-state index contributed by atoms with van der Waals surface area (Å²) in [6.45, 7) is 2.64. The maximum Gasteiger partial charge on any atom is 0.255 e. The van der Waals surface area contributed by atoms with Gasteiger partial charge in [0.2, 0.25) is 0 Å². The Balaban J connectivity index is 2.19. The first-order valence-corrected chi connectivity index (χ1v) is 7.76. The topological polar surface area (TPSA) is 38.3 Å². The molecule has 0 saturated carbocycles. The molecular weight excluding hydrogens is 354 g/mol. The molecule has 3 nitrogen and oxygen atoms in total. The van der Waals surface area contributed by atoms with Crippen molar-refractivity contribution in [2.45, 2.75) is 13.3 Å². The SMILES string of the molecule is CCCOc1ccccc1NC(=O)c1cc(Cl)cc(Br)c1. The predicted octanol–water partition coefficient (Wildman–Crippen LogP) is 5.14. The van der Waals surface area contributed by atoms with Gasteiger partial charge >= 0.3 is 0 Å². The number of hydrogen-bond donors (Lipinski definition) is 1. The quantitative estimate of drug-likeness (QED) is 0.793. The molecule has 0 heterocycles. The number of benzene rings is 2. The summed E-state index contributed by atoms with van der Waals surface area (Å²) in [6, 6.07) is 12.4. The second kappa shape index (κ2) is 7.48. The second-order valence-electron chi connectivity index (χ2n) is 4.46. The summed E-state index contributed by atoms with van der Waals surface area (Å²) in [4.78, 5) is 12.3. The van der Waals surface area contributed by atoms with E-state index in [0.717, 1.165) is 10.9 Å². The van der Waals surface area contributed by atoms with Crippen molar-refractivity contribution in [3.63, 3.8) is 0 Å². The molecule has 0 atom stereocenters. The molecule has 0 radical (unpaired) electrons. The van der Waals surface area contributed by atoms with Crippen LogP contribution in [0.5, 0.6) is 5.75 Å². The van der Waals surface area contributed by atoms with E-state index in [1.807, 2.05) is 31.2 Å². The van der Waals surface area contributed by atoms with E-state index in [1.54, 1.807) is 18.2 Å². The predicted molar refractivity (Wildman–Crippen MR) is 89.3 cm³/mol. The van der Waals surface area contributed by atoms with Gasteiger partial charge in [0.1, 0.15) is 5.75 Å². The van der Waals surface area contributed by atoms with Gasteiger partial charge in [0.25, 0.3) is 5.91 Å². The van der Waals surface area contributed by atoms with Crippen LogP contribution in [0.2, 0.25) is 5.02 Å². The Morgan fingerprint density at radius 2 is 2.05 bits per heavy atom. The first-order chi connectivity index (χ1) is 10.1. The lowest BCUT2D eigenvalue weighted by atomic mass is 10.2. The lowest BCUT2D eigenvalue weighted by Crippen LogP contribution is -2.13. The van der Waals surface area contributed by atoms with Gasteiger partial charge in [0, 0.05) is 15.1 Å². The minimum atomic E-state index is -0.231. The van der Waals surface area contributed by atoms with Crippen molar-refractivity contribution in [2.24, 2.45) is 0 Å². The van der Waals surface area contributed by atoms with E-state index >= 15 is 0 Å². The van der Waals surface area contributed by atoms with Crippen LogP contribution in [0, 0.1) is 0 Å². The van der Waals surface area contributed by atoms with Crippen molar-refractivity contribution in [1.29, 1.82) is 0 Å². The Morgan fingerprint density at radius 1 is 1.29 bits per heavy atom. The van der Waals surface area contributed by atoms with Gasteiger partial charge in [0.05, 0.1) is 12.3 Å². The van der Waals surface area contributed by atoms with Crippen molar-refractivity contribution in [3.8, 4) is 5.75 Å². The van der Waals surface area contributed by atoms with E-state index in [4.69, 9.17) is 16.3 Å². The molecule has 0 unspecified atom stereocenters. The van der Waals surface area contributed by atoms with Gasteiger partial charge < -0.3 is 10.1 Å². The molecule has 5 heteroatoms. The van der Waals surface area contributed by atoms with Crippen LogP contribution in [0.1, 0.15) is 23.7 Å². The van der Waals surface area contributed by atoms with E-state index < -0.39 is 0 Å². The number of nitrogens with one attached hydrogen (secondary N) is 1. The summed E-state index contributed by atoms with van der Waals surface area (Å²) < 4.78 is 6.38. The molecule has 1 amide bonds. The molecule has 0 bridgehead atoms. The van der Waals surface area contributed by atoms with Crippen LogP contribution < -0.4 is 10.1 Å². The van der Waals surface area contributed by atoms with Crippen molar-refractivity contribution in [2.75, 3.05) is 11.9 Å². The number of ether oxygens (including phenoxy) is 1. The minimum Gasteiger partial charge on any atom is -0.491 e. The van der Waals surface area contributed by atoms with E-state index in [9.17, 15) is 4.79 Å². The molecule has 0 fully saturated rings. The third-order valence-electron chi connectivity index (χ3n) is 2.72. The van der Waals surface area contributed by atoms with Crippen molar-refractivity contribution in [3.05, 3.63) is 57.5 Å². The number of carbonyl (C=O) groups is 1. The minimum absolute atomic E-state index is 0.231. The second-order valence-corrected chi connectivity index (χ2v) is 5.81. The lowest BCUT2D eigenvalue weighted by molar-refractivity contribution is 0.102. The summed E-state index contributed by atoms with van der Waals surface area (Å²) in [7, 11) is 0. The van der Waals surface area contributed by atoms with Gasteiger partial charge in [-0.25, -0.2) is 0 Å². The number of carbonyl (C=O) groups excluding carboxylic acids is 1. The smallest absolute Gasteiger partial charge is 0.255 e. The third-order valence-corrected chi connectivity index (χ3v) is 3.40. The maximum atomic E-state index is 12.3. The average molecular weight is 369 g/mol. The number of anilines is 1. The largest absolute Gasteiger partial charge is 0.491 e. The first kappa shape index (κ1) is 15.9. The molecule has 2 aromatic rings. The molecule has 110 valence electrons. The maximum absolute atomic E-state index is 12.3. The Morgan fingerprint density at radius 3 is 2.76 bits per heavy atom. The van der Waals surface area contributed by atoms with Crippen LogP contribution in [-0.2, 0) is 0 Å². The van der Waals surface area contributed by atoms with Crippen molar-refractivity contribution in [1.82, 2.24) is 0 Å². The van der Waals surface area contributed by atoms with Crippen molar-refractivity contribution >= 4 is 39.1 Å². The van der Waals surface area contributed by atoms with Gasteiger partial charge in [-0.05, 0) is 36.8 Å². The Hall–Kier alpha value is -1.52. The average Bonchev–Trinajstić information content (AvgIpc) is 2.45. The van der Waals surface area contributed by atoms with Crippen LogP contribution >= 0.6 is 27.5 Å². The number of halogens is 2. The van der Waals surface area contributed by atoms with Crippen LogP contribution in [0.25, 0.3) is 0 Å². The molecule has 1 N–H and O–H groups in total. The standard InChI is InChI=1S/C16H15BrClNO2/c1-2-7-21-15-6-4-3-5-14(15)19-16(20)11-8-12(17)10-13(18)9-11/h3-6,8-10H,2,7H2,1H3,(H,19,20). The zero-order valence-electron chi connectivity index (χ0n) is 11.5. The molecule has 2 aromatic carbocycles. The fraction of sp³-hybridized carbons (Fsp3) is 0.188. The van der Waals surface area contributed by atoms with Gasteiger partial charge in [-0.1, -0.05) is 46.6 Å². The Labute approximate surface area is 137 Å². The van der Waals surface area contributed by atoms with E-state index in [-0.39, 0.29) is 5.91 Å². The summed E-state index contributed by atoms with van der Waals surface area (Å²) in [6.07, 6.45) is 0.906. The summed E-state index contributed by atoms with van der Waals surface area (Å²) >= 11 is 9.29. The normalized spacial score (nSPS) is 10.2. The van der Waals surface area contributed by atoms with Crippen LogP contribution in [0.15, 0.2) is 46.9 Å². The van der Waals surface area contributed by atoms with Crippen LogP contribution in [-0.4, -0.2) is 12.5 Å². The number of para-hydroxylation sites is 2. The molecule has 21 heavy (non-hydrogen) atoms. The molecule has 0 aliphatic heterocycles. The zero-order chi connectivity index (χ0) is 15.2. The zero-order valence-corrected chi connectivity index (χ0v) is 13.9. The number of amides is 1. The highest BCUT2D eigenvalue weighted by atomic mass is 79.9. The van der Waals surface area contributed by atoms with Crippen molar-refractivity contribution < 1.29 is 9.53 Å². The highest BCUT2D eigenvalue weighted by molar-refractivity contribution is 9.10. The third kappa shape index (κ3) is 4.48. The molecule has 0 aromatic heterocycles. The Kier molecular flexibility index (Phi) is 5.65. The summed E-state index contributed by atoms with van der Waals surface area (Å²) in [5.74, 6) is 0.430. The van der Waals surface area contributed by atoms with Gasteiger partial charge in [0.15, 0.2) is 0 Å². The monoisotopic (exact) mass is 367 g/mol. The molecule has 0 aliphatic carbocycles. The molecular formula is C16H15BrClNO2. The highest BCUT2D eigenvalue weighted by Crippen LogP contribution is 2.26. The van der Waals surface area contributed by atoms with E-state index in [2.05, 4.69) is 21.2 Å². The Bertz CT molecular complexity index is 626. The number of hydrogen-bond acceptors (Lipinski definition) is 2. The lowest BCUT2D eigenvalue weighted by Gasteiger charge is -2.12. The van der Waals surface area contributed by atoms with Gasteiger partial charge in [-0.3, -0.25) is 4.79 Å². The van der Waals surface area contributed by atoms with E-state index in [1.165, 1.54) is 0 Å². The molecule has 0 aliphatic rings. The van der Waals surface area contributed by atoms with E-state index in [0.29, 0.717) is 28.6 Å². The van der Waals surface area contributed by atoms with Gasteiger partial charge in [-0.15, -0.1) is 0 Å². The summed E-state index contributed by atoms with van der Waals surface area (Å²) in [5, 5.41) is 3.35. The molecule has 2 rings (SSSR count). The first-order valence-electron chi connectivity index (χ1n) is 6.59. The fourth-order valence-electron chi connectivity index (χ4n) is 1.79. The highest BCUT2D eigenvalue weighted by Gasteiger charge is 2.11. The van der Waals surface area contributed by atoms with Gasteiger partial charge in [-0.2, -0.15) is 0 Å². The number of rotatable bonds is 5. The van der Waals surface area contributed by atoms with Crippen LogP contribution in [0.4, 0.5) is 5.69 Å². The fourth-order valence-corrected chi connectivity index (χ4v) is 2.65. The molecule has 0 saturated heterocycles.